The third-order valence-corrected chi connectivity index (χ3v) is 3.39. The minimum atomic E-state index is -0.226. The average Bonchev–Trinajstić information content (AvgIpc) is 2.36. The summed E-state index contributed by atoms with van der Waals surface area (Å²) in [4.78, 5) is 0. The summed E-state index contributed by atoms with van der Waals surface area (Å²) in [5.41, 5.74) is 3.36. The van der Waals surface area contributed by atoms with Crippen LogP contribution in [-0.2, 0) is 11.2 Å². The van der Waals surface area contributed by atoms with Gasteiger partial charge in [-0.15, -0.1) is 0 Å². The molecule has 2 atom stereocenters. The molecule has 3 nitrogen and oxygen atoms in total. The Morgan fingerprint density at radius 2 is 2.17 bits per heavy atom. The van der Waals surface area contributed by atoms with Crippen molar-refractivity contribution in [2.75, 3.05) is 6.61 Å². The summed E-state index contributed by atoms with van der Waals surface area (Å²) in [5, 5.41) is 0. The maximum atomic E-state index is 13.8. The Labute approximate surface area is 116 Å². The fraction of sp³-hybridized carbons (Fsp3) is 0.538. The number of nitrogens with two attached hydrogens (primary N) is 1. The molecule has 0 aromatic heterocycles. The summed E-state index contributed by atoms with van der Waals surface area (Å²) < 4.78 is 20.1. The summed E-state index contributed by atoms with van der Waals surface area (Å²) in [6.45, 7) is 4.60. The third-order valence-electron chi connectivity index (χ3n) is 2.90. The zero-order valence-corrected chi connectivity index (χ0v) is 12.3. The van der Waals surface area contributed by atoms with E-state index >= 15 is 0 Å². The molecule has 18 heavy (non-hydrogen) atoms. The molecule has 0 aliphatic rings. The van der Waals surface area contributed by atoms with Gasteiger partial charge in [0.15, 0.2) is 0 Å². The second-order valence-electron chi connectivity index (χ2n) is 4.12. The third kappa shape index (κ3) is 4.31. The van der Waals surface area contributed by atoms with E-state index in [-0.39, 0.29) is 18.0 Å². The monoisotopic (exact) mass is 318 g/mol. The smallest absolute Gasteiger partial charge is 0.127 e. The van der Waals surface area contributed by atoms with Crippen molar-refractivity contribution >= 4 is 15.9 Å². The van der Waals surface area contributed by atoms with Crippen LogP contribution in [0.2, 0.25) is 0 Å². The Bertz CT molecular complexity index is 376. The average molecular weight is 319 g/mol. The summed E-state index contributed by atoms with van der Waals surface area (Å²) in [6.07, 6.45) is 1.33. The van der Waals surface area contributed by atoms with Crippen molar-refractivity contribution in [3.63, 3.8) is 0 Å². The predicted molar refractivity (Wildman–Crippen MR) is 74.6 cm³/mol. The fourth-order valence-corrected chi connectivity index (χ4v) is 2.29. The molecule has 0 bridgehead atoms. The molecule has 0 aliphatic heterocycles. The van der Waals surface area contributed by atoms with Crippen LogP contribution in [0.1, 0.15) is 25.8 Å². The quantitative estimate of drug-likeness (QED) is 0.600. The Balaban J connectivity index is 2.78. The zero-order chi connectivity index (χ0) is 13.5. The highest BCUT2D eigenvalue weighted by Crippen LogP contribution is 2.18. The van der Waals surface area contributed by atoms with Gasteiger partial charge in [-0.25, -0.2) is 4.39 Å². The highest BCUT2D eigenvalue weighted by Gasteiger charge is 2.20. The van der Waals surface area contributed by atoms with Gasteiger partial charge in [0.1, 0.15) is 5.82 Å². The maximum Gasteiger partial charge on any atom is 0.127 e. The standard InChI is InChI=1S/C13H20BrFN2O/c1-3-13(18-4-2)12(17-16)7-9-5-6-10(14)8-11(9)15/h5-6,8,12-13,17H,3-4,7,16H2,1-2H3. The van der Waals surface area contributed by atoms with Gasteiger partial charge in [0.05, 0.1) is 12.1 Å². The minimum absolute atomic E-state index is 0.0111. The Morgan fingerprint density at radius 1 is 1.44 bits per heavy atom. The van der Waals surface area contributed by atoms with Gasteiger partial charge in [-0.3, -0.25) is 11.3 Å². The number of hydrogen-bond donors (Lipinski definition) is 2. The molecule has 1 aromatic carbocycles. The van der Waals surface area contributed by atoms with E-state index in [0.717, 1.165) is 10.9 Å². The molecule has 102 valence electrons. The normalized spacial score (nSPS) is 14.5. The van der Waals surface area contributed by atoms with E-state index in [9.17, 15) is 4.39 Å². The van der Waals surface area contributed by atoms with Crippen LogP contribution < -0.4 is 11.3 Å². The lowest BCUT2D eigenvalue weighted by molar-refractivity contribution is 0.0317. The maximum absolute atomic E-state index is 13.8. The molecule has 3 N–H and O–H groups in total. The van der Waals surface area contributed by atoms with Crippen LogP contribution in [0.5, 0.6) is 0 Å². The van der Waals surface area contributed by atoms with Crippen LogP contribution in [0, 0.1) is 5.82 Å². The summed E-state index contributed by atoms with van der Waals surface area (Å²) in [6, 6.07) is 4.96. The first kappa shape index (κ1) is 15.6. The number of rotatable bonds is 7. The summed E-state index contributed by atoms with van der Waals surface area (Å²) >= 11 is 3.24. The van der Waals surface area contributed by atoms with Crippen molar-refractivity contribution in [2.45, 2.75) is 38.8 Å². The Morgan fingerprint density at radius 3 is 2.67 bits per heavy atom. The van der Waals surface area contributed by atoms with Crippen LogP contribution in [0.4, 0.5) is 4.39 Å². The summed E-state index contributed by atoms with van der Waals surface area (Å²) in [5.74, 6) is 5.32. The SMILES string of the molecule is CCOC(CC)C(Cc1ccc(Br)cc1F)NN. The van der Waals surface area contributed by atoms with Gasteiger partial charge in [0.2, 0.25) is 0 Å². The molecule has 1 rings (SSSR count). The van der Waals surface area contributed by atoms with Crippen molar-refractivity contribution in [3.05, 3.63) is 34.1 Å². The van der Waals surface area contributed by atoms with E-state index in [1.165, 1.54) is 6.07 Å². The van der Waals surface area contributed by atoms with Gasteiger partial charge in [-0.05, 0) is 37.5 Å². The topological polar surface area (TPSA) is 47.3 Å². The van der Waals surface area contributed by atoms with E-state index in [0.29, 0.717) is 18.6 Å². The minimum Gasteiger partial charge on any atom is -0.377 e. The van der Waals surface area contributed by atoms with Crippen molar-refractivity contribution in [1.82, 2.24) is 5.43 Å². The van der Waals surface area contributed by atoms with Gasteiger partial charge < -0.3 is 4.74 Å². The van der Waals surface area contributed by atoms with Crippen LogP contribution in [-0.4, -0.2) is 18.8 Å². The van der Waals surface area contributed by atoms with Gasteiger partial charge in [0, 0.05) is 11.1 Å². The van der Waals surface area contributed by atoms with Crippen molar-refractivity contribution < 1.29 is 9.13 Å². The number of ether oxygens (including phenoxy) is 1. The van der Waals surface area contributed by atoms with E-state index < -0.39 is 0 Å². The molecular weight excluding hydrogens is 299 g/mol. The molecule has 0 saturated carbocycles. The van der Waals surface area contributed by atoms with Gasteiger partial charge >= 0.3 is 0 Å². The van der Waals surface area contributed by atoms with E-state index in [1.807, 2.05) is 19.9 Å². The lowest BCUT2D eigenvalue weighted by atomic mass is 10.00. The highest BCUT2D eigenvalue weighted by molar-refractivity contribution is 9.10. The summed E-state index contributed by atoms with van der Waals surface area (Å²) in [7, 11) is 0. The van der Waals surface area contributed by atoms with Gasteiger partial charge in [-0.1, -0.05) is 28.9 Å². The van der Waals surface area contributed by atoms with Crippen LogP contribution >= 0.6 is 15.9 Å². The number of halogens is 2. The van der Waals surface area contributed by atoms with Gasteiger partial charge in [-0.2, -0.15) is 0 Å². The second-order valence-corrected chi connectivity index (χ2v) is 5.03. The predicted octanol–water partition coefficient (Wildman–Crippen LogP) is 2.78. The van der Waals surface area contributed by atoms with E-state index in [2.05, 4.69) is 21.4 Å². The molecule has 0 saturated heterocycles. The Kier molecular flexibility index (Phi) is 6.78. The zero-order valence-electron chi connectivity index (χ0n) is 10.7. The molecule has 0 spiro atoms. The highest BCUT2D eigenvalue weighted by atomic mass is 79.9. The van der Waals surface area contributed by atoms with Crippen LogP contribution in [0.15, 0.2) is 22.7 Å². The van der Waals surface area contributed by atoms with Crippen molar-refractivity contribution in [3.8, 4) is 0 Å². The lowest BCUT2D eigenvalue weighted by Crippen LogP contribution is -2.46. The molecule has 0 aliphatic carbocycles. The molecular formula is C13H20BrFN2O. The van der Waals surface area contributed by atoms with E-state index in [4.69, 9.17) is 10.6 Å². The number of hydrogen-bond acceptors (Lipinski definition) is 3. The molecule has 2 unspecified atom stereocenters. The molecule has 0 amide bonds. The Hall–Kier alpha value is -0.490. The lowest BCUT2D eigenvalue weighted by Gasteiger charge is -2.25. The van der Waals surface area contributed by atoms with Crippen molar-refractivity contribution in [2.24, 2.45) is 5.84 Å². The molecule has 0 heterocycles. The fourth-order valence-electron chi connectivity index (χ4n) is 1.95. The number of hydrazine groups is 1. The first-order valence-corrected chi connectivity index (χ1v) is 6.93. The number of nitrogens with one attached hydrogen (secondary N) is 1. The van der Waals surface area contributed by atoms with Gasteiger partial charge in [0.25, 0.3) is 0 Å². The molecule has 0 fully saturated rings. The molecule has 5 heteroatoms. The number of benzene rings is 1. The van der Waals surface area contributed by atoms with E-state index in [1.54, 1.807) is 6.07 Å². The van der Waals surface area contributed by atoms with Crippen LogP contribution in [0.25, 0.3) is 0 Å². The van der Waals surface area contributed by atoms with Crippen LogP contribution in [0.3, 0.4) is 0 Å². The largest absolute Gasteiger partial charge is 0.377 e. The van der Waals surface area contributed by atoms with Crippen molar-refractivity contribution in [1.29, 1.82) is 0 Å². The molecule has 1 aromatic rings. The molecule has 0 radical (unpaired) electrons. The first-order valence-electron chi connectivity index (χ1n) is 6.14. The first-order chi connectivity index (χ1) is 8.62. The second kappa shape index (κ2) is 7.84.